The molecule has 180 valence electrons. The largest absolute Gasteiger partial charge is 0.482 e. The van der Waals surface area contributed by atoms with Gasteiger partial charge < -0.3 is 19.7 Å². The number of nitrogens with one attached hydrogen (secondary N) is 2. The Kier molecular flexibility index (Phi) is 7.15. The van der Waals surface area contributed by atoms with E-state index in [0.29, 0.717) is 42.5 Å². The van der Waals surface area contributed by atoms with E-state index >= 15 is 0 Å². The van der Waals surface area contributed by atoms with Crippen LogP contribution in [0.4, 0.5) is 28.4 Å². The van der Waals surface area contributed by atoms with Crippen LogP contribution in [0.2, 0.25) is 0 Å². The number of carbonyl (C=O) groups is 3. The molecule has 1 atom stereocenters. The third-order valence-electron chi connectivity index (χ3n) is 4.58. The first-order chi connectivity index (χ1) is 15.3. The number of rotatable bonds is 5. The van der Waals surface area contributed by atoms with Crippen molar-refractivity contribution in [2.24, 2.45) is 0 Å². The summed E-state index contributed by atoms with van der Waals surface area (Å²) in [5.74, 6) is -0.599. The Morgan fingerprint density at radius 1 is 1.30 bits per heavy atom. The van der Waals surface area contributed by atoms with Gasteiger partial charge >= 0.3 is 12.3 Å². The average Bonchev–Trinajstić information content (AvgIpc) is 3.23. The van der Waals surface area contributed by atoms with Crippen molar-refractivity contribution in [3.05, 3.63) is 28.7 Å². The van der Waals surface area contributed by atoms with Crippen LogP contribution in [0.25, 0.3) is 6.08 Å². The van der Waals surface area contributed by atoms with Crippen molar-refractivity contribution < 1.29 is 37.0 Å². The van der Waals surface area contributed by atoms with Gasteiger partial charge in [-0.15, -0.1) is 0 Å². The molecule has 2 aliphatic rings. The monoisotopic (exact) mass is 487 g/mol. The van der Waals surface area contributed by atoms with Crippen LogP contribution in [0.5, 0.6) is 5.75 Å². The van der Waals surface area contributed by atoms with Gasteiger partial charge in [0.15, 0.2) is 6.61 Å². The van der Waals surface area contributed by atoms with E-state index in [9.17, 15) is 27.6 Å². The molecule has 2 aliphatic heterocycles. The molecule has 2 fully saturated rings. The summed E-state index contributed by atoms with van der Waals surface area (Å²) in [6.45, 7) is 4.44. The molecule has 12 heteroatoms. The van der Waals surface area contributed by atoms with Gasteiger partial charge in [0.25, 0.3) is 11.1 Å². The highest BCUT2D eigenvalue weighted by molar-refractivity contribution is 8.18. The van der Waals surface area contributed by atoms with Crippen molar-refractivity contribution >= 4 is 40.8 Å². The number of thioether (sulfide) groups is 1. The molecule has 2 heterocycles. The minimum Gasteiger partial charge on any atom is -0.482 e. The third kappa shape index (κ3) is 7.04. The van der Waals surface area contributed by atoms with Gasteiger partial charge in [-0.2, -0.15) is 13.2 Å². The molecule has 1 aromatic carbocycles. The van der Waals surface area contributed by atoms with Crippen molar-refractivity contribution in [1.29, 1.82) is 0 Å². The Balaban J connectivity index is 1.86. The first kappa shape index (κ1) is 24.7. The lowest BCUT2D eigenvalue weighted by Crippen LogP contribution is -2.40. The van der Waals surface area contributed by atoms with E-state index in [4.69, 9.17) is 9.47 Å². The maximum Gasteiger partial charge on any atom is 0.422 e. The van der Waals surface area contributed by atoms with E-state index in [1.807, 2.05) is 0 Å². The van der Waals surface area contributed by atoms with Crippen LogP contribution < -0.4 is 20.3 Å². The molecule has 0 aliphatic carbocycles. The first-order valence-electron chi connectivity index (χ1n) is 10.1. The SMILES string of the molecule is CC(C)(C)OC(=O)N[C@H]1CCN(c2c(C=C3SC(=O)NC3=O)cccc2OCC(F)(F)F)C1. The molecule has 8 nitrogen and oxygen atoms in total. The number of para-hydroxylation sites is 1. The van der Waals surface area contributed by atoms with Crippen molar-refractivity contribution in [1.82, 2.24) is 10.6 Å². The molecule has 0 spiro atoms. The Morgan fingerprint density at radius 2 is 2.03 bits per heavy atom. The molecule has 0 saturated carbocycles. The lowest BCUT2D eigenvalue weighted by Gasteiger charge is -2.25. The number of anilines is 1. The van der Waals surface area contributed by atoms with Gasteiger partial charge in [0.05, 0.1) is 16.6 Å². The Morgan fingerprint density at radius 3 is 2.64 bits per heavy atom. The summed E-state index contributed by atoms with van der Waals surface area (Å²) < 4.78 is 48.8. The van der Waals surface area contributed by atoms with Crippen LogP contribution in [-0.4, -0.2) is 54.8 Å². The number of imide groups is 1. The number of halogens is 3. The summed E-state index contributed by atoms with van der Waals surface area (Å²) in [6, 6.07) is 4.23. The lowest BCUT2D eigenvalue weighted by molar-refractivity contribution is -0.153. The number of amides is 3. The van der Waals surface area contributed by atoms with Gasteiger partial charge in [-0.1, -0.05) is 12.1 Å². The van der Waals surface area contributed by atoms with Crippen LogP contribution in [-0.2, 0) is 9.53 Å². The van der Waals surface area contributed by atoms with Gasteiger partial charge in [-0.05, 0) is 51.1 Å². The molecule has 2 N–H and O–H groups in total. The first-order valence-corrected chi connectivity index (χ1v) is 10.9. The zero-order valence-electron chi connectivity index (χ0n) is 18.2. The van der Waals surface area contributed by atoms with Crippen molar-refractivity contribution in [2.45, 2.75) is 45.0 Å². The normalized spacial score (nSPS) is 20.2. The highest BCUT2D eigenvalue weighted by Gasteiger charge is 2.33. The molecule has 0 bridgehead atoms. The van der Waals surface area contributed by atoms with Crippen LogP contribution in [0.15, 0.2) is 23.1 Å². The number of nitrogens with zero attached hydrogens (tertiary/aromatic N) is 1. The second-order valence-corrected chi connectivity index (χ2v) is 9.54. The molecule has 0 unspecified atom stereocenters. The van der Waals surface area contributed by atoms with Gasteiger partial charge in [-0.25, -0.2) is 4.79 Å². The number of hydrogen-bond acceptors (Lipinski definition) is 7. The van der Waals surface area contributed by atoms with E-state index in [0.717, 1.165) is 0 Å². The summed E-state index contributed by atoms with van der Waals surface area (Å²) in [6.07, 6.45) is -3.16. The Hall–Kier alpha value is -2.89. The maximum atomic E-state index is 12.8. The third-order valence-corrected chi connectivity index (χ3v) is 5.39. The van der Waals surface area contributed by atoms with E-state index in [2.05, 4.69) is 10.6 Å². The summed E-state index contributed by atoms with van der Waals surface area (Å²) in [5, 5.41) is 4.38. The fourth-order valence-electron chi connectivity index (χ4n) is 3.39. The zero-order chi connectivity index (χ0) is 24.4. The van der Waals surface area contributed by atoms with Gasteiger partial charge in [0.2, 0.25) is 0 Å². The minimum absolute atomic E-state index is 0.0191. The van der Waals surface area contributed by atoms with Crippen LogP contribution in [0.3, 0.4) is 0 Å². The molecule has 1 aromatic rings. The van der Waals surface area contributed by atoms with Gasteiger partial charge in [0, 0.05) is 18.7 Å². The predicted octanol–water partition coefficient (Wildman–Crippen LogP) is 4.06. The van der Waals surface area contributed by atoms with Crippen molar-refractivity contribution in [3.63, 3.8) is 0 Å². The van der Waals surface area contributed by atoms with E-state index < -0.39 is 35.6 Å². The highest BCUT2D eigenvalue weighted by atomic mass is 32.2. The van der Waals surface area contributed by atoms with Crippen molar-refractivity contribution in [3.8, 4) is 5.75 Å². The molecule has 0 radical (unpaired) electrons. The summed E-state index contributed by atoms with van der Waals surface area (Å²) in [7, 11) is 0. The Labute approximate surface area is 192 Å². The fraction of sp³-hybridized carbons (Fsp3) is 0.476. The number of carbonyl (C=O) groups excluding carboxylic acids is 3. The van der Waals surface area contributed by atoms with Crippen molar-refractivity contribution in [2.75, 3.05) is 24.6 Å². The van der Waals surface area contributed by atoms with Gasteiger partial charge in [0.1, 0.15) is 11.4 Å². The standard InChI is InChI=1S/C21H24F3N3O5S/c1-20(2,3)32-18(29)25-13-7-8-27(10-13)16-12(9-15-17(28)26-19(30)33-15)5-4-6-14(16)31-11-21(22,23)24/h4-6,9,13H,7-8,10-11H2,1-3H3,(H,25,29)(H,26,28,30)/t13-/m0/s1. The molecule has 0 aromatic heterocycles. The summed E-state index contributed by atoms with van der Waals surface area (Å²) in [4.78, 5) is 37.5. The molecule has 3 rings (SSSR count). The van der Waals surface area contributed by atoms with E-state index in [-0.39, 0.29) is 16.7 Å². The smallest absolute Gasteiger partial charge is 0.422 e. The second kappa shape index (κ2) is 9.54. The topological polar surface area (TPSA) is 97.0 Å². The fourth-order valence-corrected chi connectivity index (χ4v) is 4.06. The minimum atomic E-state index is -4.54. The van der Waals surface area contributed by atoms with Crippen LogP contribution in [0.1, 0.15) is 32.8 Å². The number of benzene rings is 1. The number of ether oxygens (including phenoxy) is 2. The average molecular weight is 488 g/mol. The van der Waals surface area contributed by atoms with Gasteiger partial charge in [-0.3, -0.25) is 14.9 Å². The Bertz CT molecular complexity index is 975. The molecule has 2 saturated heterocycles. The second-order valence-electron chi connectivity index (χ2n) is 8.53. The number of hydrogen-bond donors (Lipinski definition) is 2. The van der Waals surface area contributed by atoms with E-state index in [1.165, 1.54) is 18.2 Å². The molecule has 3 amide bonds. The van der Waals surface area contributed by atoms with Crippen LogP contribution in [0, 0.1) is 0 Å². The highest BCUT2D eigenvalue weighted by Crippen LogP contribution is 2.38. The van der Waals surface area contributed by atoms with Crippen LogP contribution >= 0.6 is 11.8 Å². The predicted molar refractivity (Wildman–Crippen MR) is 117 cm³/mol. The quantitative estimate of drug-likeness (QED) is 0.605. The zero-order valence-corrected chi connectivity index (χ0v) is 19.1. The molecular weight excluding hydrogens is 463 g/mol. The number of alkyl carbamates (subject to hydrolysis) is 1. The summed E-state index contributed by atoms with van der Waals surface area (Å²) >= 11 is 0.706. The maximum absolute atomic E-state index is 12.8. The molecule has 33 heavy (non-hydrogen) atoms. The summed E-state index contributed by atoms with van der Waals surface area (Å²) in [5.41, 5.74) is 0.0897. The molecular formula is C21H24F3N3O5S. The number of alkyl halides is 3. The lowest BCUT2D eigenvalue weighted by atomic mass is 10.1. The van der Waals surface area contributed by atoms with E-state index in [1.54, 1.807) is 31.7 Å².